The smallest absolute Gasteiger partial charge is 0.337 e. The summed E-state index contributed by atoms with van der Waals surface area (Å²) in [4.78, 5) is 14.5. The van der Waals surface area contributed by atoms with E-state index in [-0.39, 0.29) is 11.5 Å². The van der Waals surface area contributed by atoms with Gasteiger partial charge in [-0.1, -0.05) is 0 Å². The number of rotatable bonds is 2. The molecule has 1 fully saturated rings. The molecule has 13 heavy (non-hydrogen) atoms. The molecule has 0 aromatic carbocycles. The van der Waals surface area contributed by atoms with E-state index >= 15 is 0 Å². The Bertz CT molecular complexity index is 361. The molecule has 0 amide bonds. The number of carboxylic acids is 1. The first-order valence-electron chi connectivity index (χ1n) is 4.07. The van der Waals surface area contributed by atoms with Gasteiger partial charge in [-0.2, -0.15) is 0 Å². The summed E-state index contributed by atoms with van der Waals surface area (Å²) in [6, 6.07) is 1.03. The minimum Gasteiger partial charge on any atom is -0.478 e. The van der Waals surface area contributed by atoms with Crippen LogP contribution in [0.4, 0.5) is 4.39 Å². The van der Waals surface area contributed by atoms with E-state index in [1.165, 1.54) is 0 Å². The number of carboxylic acid groups (broad SMARTS) is 1. The zero-order chi connectivity index (χ0) is 9.42. The fourth-order valence-electron chi connectivity index (χ4n) is 1.30. The molecule has 1 N–H and O–H groups in total. The van der Waals surface area contributed by atoms with Crippen LogP contribution in [0.15, 0.2) is 12.3 Å². The van der Waals surface area contributed by atoms with Gasteiger partial charge in [-0.3, -0.25) is 4.98 Å². The van der Waals surface area contributed by atoms with Crippen LogP contribution in [-0.2, 0) is 0 Å². The molecule has 0 atom stereocenters. The van der Waals surface area contributed by atoms with E-state index in [1.807, 2.05) is 0 Å². The summed E-state index contributed by atoms with van der Waals surface area (Å²) in [6.45, 7) is 0. The van der Waals surface area contributed by atoms with Crippen LogP contribution in [0.25, 0.3) is 0 Å². The van der Waals surface area contributed by atoms with Gasteiger partial charge in [0.1, 0.15) is 5.82 Å². The molecule has 0 radical (unpaired) electrons. The fourth-order valence-corrected chi connectivity index (χ4v) is 1.30. The maximum Gasteiger partial charge on any atom is 0.337 e. The predicted molar refractivity (Wildman–Crippen MR) is 43.1 cm³/mol. The van der Waals surface area contributed by atoms with Crippen molar-refractivity contribution < 1.29 is 14.3 Å². The SMILES string of the molecule is O=C(O)c1cc(F)cnc1C1CC1. The van der Waals surface area contributed by atoms with Crippen LogP contribution < -0.4 is 0 Å². The molecule has 0 saturated heterocycles. The summed E-state index contributed by atoms with van der Waals surface area (Å²) in [5.41, 5.74) is 0.524. The minimum atomic E-state index is -1.10. The van der Waals surface area contributed by atoms with E-state index < -0.39 is 11.8 Å². The van der Waals surface area contributed by atoms with E-state index in [0.29, 0.717) is 5.69 Å². The molecule has 1 aromatic rings. The highest BCUT2D eigenvalue weighted by Gasteiger charge is 2.29. The summed E-state index contributed by atoms with van der Waals surface area (Å²) in [7, 11) is 0. The Morgan fingerprint density at radius 3 is 2.85 bits per heavy atom. The molecule has 0 unspecified atom stereocenters. The summed E-state index contributed by atoms with van der Waals surface area (Å²) >= 11 is 0. The number of aromatic nitrogens is 1. The molecule has 0 aliphatic heterocycles. The first kappa shape index (κ1) is 8.16. The van der Waals surface area contributed by atoms with E-state index in [1.54, 1.807) is 0 Å². The van der Waals surface area contributed by atoms with Crippen LogP contribution in [0.2, 0.25) is 0 Å². The number of hydrogen-bond donors (Lipinski definition) is 1. The summed E-state index contributed by atoms with van der Waals surface area (Å²) in [6.07, 6.45) is 2.98. The Hall–Kier alpha value is -1.45. The van der Waals surface area contributed by atoms with Crippen molar-refractivity contribution in [2.75, 3.05) is 0 Å². The fraction of sp³-hybridized carbons (Fsp3) is 0.333. The van der Waals surface area contributed by atoms with Crippen LogP contribution in [-0.4, -0.2) is 16.1 Å². The van der Waals surface area contributed by atoms with E-state index in [4.69, 9.17) is 5.11 Å². The van der Waals surface area contributed by atoms with Crippen molar-refractivity contribution in [1.29, 1.82) is 0 Å². The van der Waals surface area contributed by atoms with Crippen LogP contribution >= 0.6 is 0 Å². The van der Waals surface area contributed by atoms with Gasteiger partial charge in [0.05, 0.1) is 17.5 Å². The van der Waals surface area contributed by atoms with Crippen LogP contribution in [0.3, 0.4) is 0 Å². The molecular weight excluding hydrogens is 173 g/mol. The Labute approximate surface area is 74.2 Å². The van der Waals surface area contributed by atoms with E-state index in [9.17, 15) is 9.18 Å². The Morgan fingerprint density at radius 2 is 2.31 bits per heavy atom. The molecule has 4 heteroatoms. The van der Waals surface area contributed by atoms with Crippen LogP contribution in [0.5, 0.6) is 0 Å². The molecule has 1 saturated carbocycles. The highest BCUT2D eigenvalue weighted by molar-refractivity contribution is 5.89. The maximum absolute atomic E-state index is 12.7. The highest BCUT2D eigenvalue weighted by Crippen LogP contribution is 2.40. The van der Waals surface area contributed by atoms with Gasteiger partial charge in [0.25, 0.3) is 0 Å². The van der Waals surface area contributed by atoms with Gasteiger partial charge in [0.15, 0.2) is 0 Å². The van der Waals surface area contributed by atoms with Gasteiger partial charge in [-0.15, -0.1) is 0 Å². The lowest BCUT2D eigenvalue weighted by Crippen LogP contribution is -2.04. The Balaban J connectivity index is 2.47. The van der Waals surface area contributed by atoms with Crippen LogP contribution in [0, 0.1) is 5.82 Å². The second kappa shape index (κ2) is 2.80. The molecule has 1 aliphatic carbocycles. The quantitative estimate of drug-likeness (QED) is 0.756. The number of halogens is 1. The van der Waals surface area contributed by atoms with Crippen molar-refractivity contribution in [3.63, 3.8) is 0 Å². The third-order valence-corrected chi connectivity index (χ3v) is 2.08. The number of aromatic carboxylic acids is 1. The second-order valence-corrected chi connectivity index (χ2v) is 3.17. The standard InChI is InChI=1S/C9H8FNO2/c10-6-3-7(9(12)13)8(11-4-6)5-1-2-5/h3-5H,1-2H2,(H,12,13). The zero-order valence-electron chi connectivity index (χ0n) is 6.83. The average molecular weight is 181 g/mol. The summed E-state index contributed by atoms with van der Waals surface area (Å²) < 4.78 is 12.7. The van der Waals surface area contributed by atoms with Gasteiger partial charge in [-0.05, 0) is 18.9 Å². The highest BCUT2D eigenvalue weighted by atomic mass is 19.1. The summed E-state index contributed by atoms with van der Waals surface area (Å²) in [5.74, 6) is -1.47. The normalized spacial score (nSPS) is 15.8. The first-order valence-corrected chi connectivity index (χ1v) is 4.07. The molecule has 0 spiro atoms. The zero-order valence-corrected chi connectivity index (χ0v) is 6.83. The van der Waals surface area contributed by atoms with Crippen molar-refractivity contribution in [1.82, 2.24) is 4.98 Å². The monoisotopic (exact) mass is 181 g/mol. The van der Waals surface area contributed by atoms with Crippen molar-refractivity contribution in [3.05, 3.63) is 29.3 Å². The maximum atomic E-state index is 12.7. The first-order chi connectivity index (χ1) is 6.18. The average Bonchev–Trinajstić information content (AvgIpc) is 2.87. The lowest BCUT2D eigenvalue weighted by atomic mass is 10.1. The van der Waals surface area contributed by atoms with Crippen molar-refractivity contribution in [2.24, 2.45) is 0 Å². The van der Waals surface area contributed by atoms with E-state index in [0.717, 1.165) is 25.1 Å². The van der Waals surface area contributed by atoms with Crippen molar-refractivity contribution in [3.8, 4) is 0 Å². The third-order valence-electron chi connectivity index (χ3n) is 2.08. The predicted octanol–water partition coefficient (Wildman–Crippen LogP) is 1.80. The van der Waals surface area contributed by atoms with Gasteiger partial charge in [-0.25, -0.2) is 9.18 Å². The molecule has 0 bridgehead atoms. The number of nitrogens with zero attached hydrogens (tertiary/aromatic N) is 1. The molecule has 2 rings (SSSR count). The molecule has 1 aliphatic rings. The number of hydrogen-bond acceptors (Lipinski definition) is 2. The molecule has 68 valence electrons. The Morgan fingerprint density at radius 1 is 1.62 bits per heavy atom. The molecule has 1 heterocycles. The molecule has 1 aromatic heterocycles. The minimum absolute atomic E-state index is 0.00231. The van der Waals surface area contributed by atoms with Gasteiger partial charge >= 0.3 is 5.97 Å². The largest absolute Gasteiger partial charge is 0.478 e. The third kappa shape index (κ3) is 1.52. The lowest BCUT2D eigenvalue weighted by molar-refractivity contribution is 0.0694. The summed E-state index contributed by atoms with van der Waals surface area (Å²) in [5, 5.41) is 8.76. The lowest BCUT2D eigenvalue weighted by Gasteiger charge is -2.02. The van der Waals surface area contributed by atoms with E-state index in [2.05, 4.69) is 4.98 Å². The second-order valence-electron chi connectivity index (χ2n) is 3.17. The van der Waals surface area contributed by atoms with Crippen LogP contribution in [0.1, 0.15) is 34.8 Å². The molecule has 3 nitrogen and oxygen atoms in total. The van der Waals surface area contributed by atoms with Crippen molar-refractivity contribution in [2.45, 2.75) is 18.8 Å². The Kier molecular flexibility index (Phi) is 1.76. The molecular formula is C9H8FNO2. The van der Waals surface area contributed by atoms with Gasteiger partial charge in [0.2, 0.25) is 0 Å². The topological polar surface area (TPSA) is 50.2 Å². The van der Waals surface area contributed by atoms with Gasteiger partial charge in [0, 0.05) is 5.92 Å². The number of carbonyl (C=O) groups is 1. The number of pyridine rings is 1. The van der Waals surface area contributed by atoms with Gasteiger partial charge < -0.3 is 5.11 Å². The van der Waals surface area contributed by atoms with Crippen molar-refractivity contribution >= 4 is 5.97 Å².